The SMILES string of the molecule is COc1nscc1-c1ccc(F)cc1C=O. The Morgan fingerprint density at radius 3 is 2.94 bits per heavy atom. The molecule has 0 atom stereocenters. The zero-order chi connectivity index (χ0) is 11.5. The fraction of sp³-hybridized carbons (Fsp3) is 0.0909. The van der Waals surface area contributed by atoms with Crippen LogP contribution in [0.5, 0.6) is 5.88 Å². The smallest absolute Gasteiger partial charge is 0.232 e. The van der Waals surface area contributed by atoms with Crippen molar-refractivity contribution in [2.24, 2.45) is 0 Å². The van der Waals surface area contributed by atoms with Gasteiger partial charge in [-0.3, -0.25) is 4.79 Å². The van der Waals surface area contributed by atoms with Crippen LogP contribution >= 0.6 is 11.5 Å². The number of carbonyl (C=O) groups is 1. The average molecular weight is 237 g/mol. The summed E-state index contributed by atoms with van der Waals surface area (Å²) in [6.07, 6.45) is 0.621. The predicted molar refractivity (Wildman–Crippen MR) is 59.4 cm³/mol. The van der Waals surface area contributed by atoms with E-state index in [0.717, 1.165) is 0 Å². The quantitative estimate of drug-likeness (QED) is 0.770. The van der Waals surface area contributed by atoms with Crippen LogP contribution in [-0.2, 0) is 0 Å². The van der Waals surface area contributed by atoms with Crippen LogP contribution in [0.1, 0.15) is 10.4 Å². The third kappa shape index (κ3) is 1.81. The number of nitrogens with zero attached hydrogens (tertiary/aromatic N) is 1. The minimum atomic E-state index is -0.437. The molecule has 3 nitrogen and oxygen atoms in total. The van der Waals surface area contributed by atoms with E-state index in [-0.39, 0.29) is 0 Å². The monoisotopic (exact) mass is 237 g/mol. The van der Waals surface area contributed by atoms with Gasteiger partial charge in [-0.2, -0.15) is 4.37 Å². The molecule has 2 rings (SSSR count). The summed E-state index contributed by atoms with van der Waals surface area (Å²) in [5.74, 6) is 0.00714. The van der Waals surface area contributed by atoms with Crippen LogP contribution in [0.4, 0.5) is 4.39 Å². The summed E-state index contributed by atoms with van der Waals surface area (Å²) in [5.41, 5.74) is 1.62. The van der Waals surface area contributed by atoms with E-state index in [1.165, 1.54) is 30.8 Å². The summed E-state index contributed by atoms with van der Waals surface area (Å²) in [6, 6.07) is 4.05. The van der Waals surface area contributed by atoms with E-state index in [9.17, 15) is 9.18 Å². The number of aldehydes is 1. The maximum Gasteiger partial charge on any atom is 0.232 e. The molecular formula is C11H8FNO2S. The molecule has 1 heterocycles. The van der Waals surface area contributed by atoms with Gasteiger partial charge in [0.2, 0.25) is 5.88 Å². The number of hydrogen-bond donors (Lipinski definition) is 0. The first kappa shape index (κ1) is 10.8. The third-order valence-electron chi connectivity index (χ3n) is 2.16. The second kappa shape index (κ2) is 4.40. The largest absolute Gasteiger partial charge is 0.480 e. The Morgan fingerprint density at radius 2 is 2.25 bits per heavy atom. The molecule has 0 saturated heterocycles. The van der Waals surface area contributed by atoms with Crippen LogP contribution in [0.25, 0.3) is 11.1 Å². The van der Waals surface area contributed by atoms with E-state index in [1.807, 2.05) is 0 Å². The lowest BCUT2D eigenvalue weighted by Crippen LogP contribution is -1.91. The summed E-state index contributed by atoms with van der Waals surface area (Å²) < 4.78 is 22.0. The summed E-state index contributed by atoms with van der Waals surface area (Å²) in [5, 5.41) is 1.76. The van der Waals surface area contributed by atoms with E-state index in [1.54, 1.807) is 11.4 Å². The van der Waals surface area contributed by atoms with Crippen molar-refractivity contribution in [3.05, 3.63) is 35.0 Å². The zero-order valence-corrected chi connectivity index (χ0v) is 9.25. The van der Waals surface area contributed by atoms with Gasteiger partial charge in [0.05, 0.1) is 12.7 Å². The topological polar surface area (TPSA) is 39.2 Å². The first-order valence-corrected chi connectivity index (χ1v) is 5.33. The van der Waals surface area contributed by atoms with Crippen LogP contribution in [0.3, 0.4) is 0 Å². The lowest BCUT2D eigenvalue weighted by molar-refractivity contribution is 0.112. The molecule has 0 N–H and O–H groups in total. The normalized spacial score (nSPS) is 10.1. The molecule has 82 valence electrons. The predicted octanol–water partition coefficient (Wildman–Crippen LogP) is 2.77. The summed E-state index contributed by atoms with van der Waals surface area (Å²) in [6.45, 7) is 0. The number of hydrogen-bond acceptors (Lipinski definition) is 4. The Kier molecular flexibility index (Phi) is 2.96. The Labute approximate surface area is 95.7 Å². The molecule has 0 spiro atoms. The summed E-state index contributed by atoms with van der Waals surface area (Å²) in [7, 11) is 1.50. The van der Waals surface area contributed by atoms with Gasteiger partial charge in [-0.1, -0.05) is 6.07 Å². The highest BCUT2D eigenvalue weighted by Gasteiger charge is 2.12. The molecule has 0 unspecified atom stereocenters. The highest BCUT2D eigenvalue weighted by atomic mass is 32.1. The van der Waals surface area contributed by atoms with Crippen LogP contribution in [0, 0.1) is 5.82 Å². The van der Waals surface area contributed by atoms with Crippen molar-refractivity contribution in [2.45, 2.75) is 0 Å². The van der Waals surface area contributed by atoms with Gasteiger partial charge in [-0.05, 0) is 29.2 Å². The highest BCUT2D eigenvalue weighted by molar-refractivity contribution is 7.04. The maximum atomic E-state index is 13.0. The second-order valence-electron chi connectivity index (χ2n) is 3.09. The first-order chi connectivity index (χ1) is 7.76. The first-order valence-electron chi connectivity index (χ1n) is 4.49. The number of ether oxygens (including phenoxy) is 1. The molecule has 1 aromatic carbocycles. The lowest BCUT2D eigenvalue weighted by Gasteiger charge is -2.04. The van der Waals surface area contributed by atoms with Gasteiger partial charge in [-0.15, -0.1) is 0 Å². The number of benzene rings is 1. The van der Waals surface area contributed by atoms with Crippen molar-refractivity contribution < 1.29 is 13.9 Å². The van der Waals surface area contributed by atoms with Crippen LogP contribution in [0.2, 0.25) is 0 Å². The molecule has 0 bridgehead atoms. The number of aromatic nitrogens is 1. The van der Waals surface area contributed by atoms with Gasteiger partial charge < -0.3 is 4.74 Å². The maximum absolute atomic E-state index is 13.0. The van der Waals surface area contributed by atoms with E-state index in [4.69, 9.17) is 4.74 Å². The highest BCUT2D eigenvalue weighted by Crippen LogP contribution is 2.32. The van der Waals surface area contributed by atoms with Gasteiger partial charge in [0.25, 0.3) is 0 Å². The van der Waals surface area contributed by atoms with Crippen molar-refractivity contribution in [3.8, 4) is 17.0 Å². The van der Waals surface area contributed by atoms with Gasteiger partial charge in [0.1, 0.15) is 5.82 Å². The Balaban J connectivity index is 2.59. The third-order valence-corrected chi connectivity index (χ3v) is 2.77. The average Bonchev–Trinajstić information content (AvgIpc) is 2.76. The number of halogens is 1. The molecule has 0 fully saturated rings. The minimum Gasteiger partial charge on any atom is -0.480 e. The molecule has 16 heavy (non-hydrogen) atoms. The van der Waals surface area contributed by atoms with Gasteiger partial charge in [0.15, 0.2) is 6.29 Å². The number of methoxy groups -OCH3 is 1. The minimum absolute atomic E-state index is 0.290. The molecule has 0 radical (unpaired) electrons. The summed E-state index contributed by atoms with van der Waals surface area (Å²) in [4.78, 5) is 10.8. The van der Waals surface area contributed by atoms with Gasteiger partial charge >= 0.3 is 0 Å². The molecule has 5 heteroatoms. The Morgan fingerprint density at radius 1 is 1.44 bits per heavy atom. The Hall–Kier alpha value is -1.75. The van der Waals surface area contributed by atoms with Gasteiger partial charge in [-0.25, -0.2) is 4.39 Å². The van der Waals surface area contributed by atoms with Crippen molar-refractivity contribution in [2.75, 3.05) is 7.11 Å². The Bertz CT molecular complexity index is 524. The lowest BCUT2D eigenvalue weighted by atomic mass is 10.0. The van der Waals surface area contributed by atoms with E-state index in [2.05, 4.69) is 4.37 Å². The standard InChI is InChI=1S/C11H8FNO2S/c1-15-11-10(6-16-13-11)9-3-2-8(12)4-7(9)5-14/h2-6H,1H3. The van der Waals surface area contributed by atoms with E-state index in [0.29, 0.717) is 28.9 Å². The molecule has 2 aromatic rings. The number of rotatable bonds is 3. The molecular weight excluding hydrogens is 229 g/mol. The fourth-order valence-corrected chi connectivity index (χ4v) is 2.08. The molecule has 0 aliphatic heterocycles. The van der Waals surface area contributed by atoms with E-state index < -0.39 is 5.82 Å². The van der Waals surface area contributed by atoms with Crippen molar-refractivity contribution in [1.29, 1.82) is 0 Å². The molecule has 1 aromatic heterocycles. The summed E-state index contributed by atoms with van der Waals surface area (Å²) >= 11 is 1.22. The second-order valence-corrected chi connectivity index (χ2v) is 3.72. The molecule has 0 aliphatic carbocycles. The number of carbonyl (C=O) groups excluding carboxylic acids is 1. The van der Waals surface area contributed by atoms with Crippen LogP contribution < -0.4 is 4.74 Å². The molecule has 0 amide bonds. The van der Waals surface area contributed by atoms with Crippen molar-refractivity contribution >= 4 is 17.8 Å². The van der Waals surface area contributed by atoms with Crippen LogP contribution in [-0.4, -0.2) is 17.8 Å². The fourth-order valence-electron chi connectivity index (χ4n) is 1.43. The molecule has 0 aliphatic rings. The van der Waals surface area contributed by atoms with Crippen LogP contribution in [0.15, 0.2) is 23.6 Å². The van der Waals surface area contributed by atoms with Gasteiger partial charge in [0, 0.05) is 10.9 Å². The molecule has 0 saturated carbocycles. The van der Waals surface area contributed by atoms with E-state index >= 15 is 0 Å². The van der Waals surface area contributed by atoms with Crippen molar-refractivity contribution in [1.82, 2.24) is 4.37 Å². The van der Waals surface area contributed by atoms with Crippen molar-refractivity contribution in [3.63, 3.8) is 0 Å². The zero-order valence-electron chi connectivity index (χ0n) is 8.44.